The first-order valence-electron chi connectivity index (χ1n) is 7.34. The average molecular weight is 326 g/mol. The predicted molar refractivity (Wildman–Crippen MR) is 84.0 cm³/mol. The molecule has 0 fully saturated rings. The fourth-order valence-corrected chi connectivity index (χ4v) is 3.09. The Labute approximate surface area is 125 Å². The number of ether oxygens (including phenoxy) is 1. The third-order valence-electron chi connectivity index (χ3n) is 3.50. The van der Waals surface area contributed by atoms with Gasteiger partial charge in [0, 0.05) is 16.9 Å². The first-order valence-corrected chi connectivity index (χ1v) is 8.13. The van der Waals surface area contributed by atoms with Crippen LogP contribution in [0.25, 0.3) is 0 Å². The van der Waals surface area contributed by atoms with Crippen molar-refractivity contribution in [2.75, 3.05) is 13.2 Å². The number of hydrogen-bond acceptors (Lipinski definition) is 2. The van der Waals surface area contributed by atoms with Crippen LogP contribution >= 0.6 is 15.9 Å². The normalized spacial score (nSPS) is 13.7. The summed E-state index contributed by atoms with van der Waals surface area (Å²) in [5.41, 5.74) is 2.74. The molecule has 0 bridgehead atoms. The molecule has 0 atom stereocenters. The van der Waals surface area contributed by atoms with E-state index < -0.39 is 0 Å². The lowest BCUT2D eigenvalue weighted by Crippen LogP contribution is -2.23. The van der Waals surface area contributed by atoms with Crippen molar-refractivity contribution < 1.29 is 4.74 Å². The van der Waals surface area contributed by atoms with Crippen molar-refractivity contribution in [3.05, 3.63) is 27.7 Å². The molecule has 0 saturated heterocycles. The average Bonchev–Trinajstić information content (AvgIpc) is 2.80. The summed E-state index contributed by atoms with van der Waals surface area (Å²) in [6, 6.07) is 5.01. The van der Waals surface area contributed by atoms with Crippen molar-refractivity contribution >= 4 is 15.9 Å². The summed E-state index contributed by atoms with van der Waals surface area (Å²) < 4.78 is 6.95. The van der Waals surface area contributed by atoms with Gasteiger partial charge in [-0.15, -0.1) is 0 Å². The van der Waals surface area contributed by atoms with E-state index in [-0.39, 0.29) is 0 Å². The molecular weight excluding hydrogens is 302 g/mol. The standard InChI is InChI=1S/C16H24BrNO/c1-12(2)18-8-5-3-4-6-13-10-15(17)11-14-7-9-19-16(13)14/h10-12,18H,3-9H2,1-2H3. The Bertz CT molecular complexity index is 417. The number of unbranched alkanes of at least 4 members (excludes halogenated alkanes) is 2. The van der Waals surface area contributed by atoms with E-state index in [0.29, 0.717) is 6.04 Å². The minimum atomic E-state index is 0.599. The molecule has 0 unspecified atom stereocenters. The SMILES string of the molecule is CC(C)NCCCCCc1cc(Br)cc2c1OCC2. The van der Waals surface area contributed by atoms with E-state index in [1.54, 1.807) is 0 Å². The number of aryl methyl sites for hydroxylation is 1. The second kappa shape index (κ2) is 7.30. The Balaban J connectivity index is 1.77. The molecule has 0 spiro atoms. The van der Waals surface area contributed by atoms with E-state index in [0.717, 1.165) is 31.7 Å². The van der Waals surface area contributed by atoms with E-state index in [2.05, 4.69) is 47.2 Å². The Morgan fingerprint density at radius 2 is 2.11 bits per heavy atom. The van der Waals surface area contributed by atoms with Gasteiger partial charge in [0.15, 0.2) is 0 Å². The van der Waals surface area contributed by atoms with Crippen LogP contribution in [0.4, 0.5) is 0 Å². The van der Waals surface area contributed by atoms with Crippen LogP contribution in [0.2, 0.25) is 0 Å². The van der Waals surface area contributed by atoms with Crippen molar-refractivity contribution in [1.29, 1.82) is 0 Å². The van der Waals surface area contributed by atoms with Crippen LogP contribution in [0.15, 0.2) is 16.6 Å². The number of halogens is 1. The van der Waals surface area contributed by atoms with Crippen LogP contribution in [0.3, 0.4) is 0 Å². The molecule has 2 nitrogen and oxygen atoms in total. The summed E-state index contributed by atoms with van der Waals surface area (Å²) in [4.78, 5) is 0. The van der Waals surface area contributed by atoms with Gasteiger partial charge in [0.25, 0.3) is 0 Å². The molecule has 0 amide bonds. The minimum Gasteiger partial charge on any atom is -0.493 e. The number of rotatable bonds is 7. The molecule has 0 aliphatic carbocycles. The van der Waals surface area contributed by atoms with E-state index in [4.69, 9.17) is 4.74 Å². The van der Waals surface area contributed by atoms with Crippen LogP contribution in [-0.4, -0.2) is 19.2 Å². The molecule has 1 aromatic carbocycles. The molecule has 2 rings (SSSR count). The molecule has 3 heteroatoms. The van der Waals surface area contributed by atoms with Gasteiger partial charge in [-0.3, -0.25) is 0 Å². The van der Waals surface area contributed by atoms with Gasteiger partial charge in [-0.05, 0) is 49.1 Å². The zero-order valence-corrected chi connectivity index (χ0v) is 13.6. The fraction of sp³-hybridized carbons (Fsp3) is 0.625. The van der Waals surface area contributed by atoms with Crippen LogP contribution < -0.4 is 10.1 Å². The molecule has 0 saturated carbocycles. The highest BCUT2D eigenvalue weighted by Crippen LogP contribution is 2.33. The molecule has 0 aromatic heterocycles. The van der Waals surface area contributed by atoms with Crippen molar-refractivity contribution in [1.82, 2.24) is 5.32 Å². The zero-order valence-electron chi connectivity index (χ0n) is 12.0. The Morgan fingerprint density at radius 3 is 2.89 bits per heavy atom. The summed E-state index contributed by atoms with van der Waals surface area (Å²) in [5.74, 6) is 1.16. The van der Waals surface area contributed by atoms with E-state index in [1.165, 1.54) is 34.9 Å². The molecule has 1 heterocycles. The first kappa shape index (κ1) is 14.9. The predicted octanol–water partition coefficient (Wildman–Crippen LogP) is 4.09. The number of fused-ring (bicyclic) bond motifs is 1. The van der Waals surface area contributed by atoms with Gasteiger partial charge in [0.2, 0.25) is 0 Å². The third kappa shape index (κ3) is 4.50. The van der Waals surface area contributed by atoms with Gasteiger partial charge < -0.3 is 10.1 Å². The number of hydrogen-bond donors (Lipinski definition) is 1. The van der Waals surface area contributed by atoms with Crippen LogP contribution in [-0.2, 0) is 12.8 Å². The summed E-state index contributed by atoms with van der Waals surface area (Å²) >= 11 is 3.60. The lowest BCUT2D eigenvalue weighted by Gasteiger charge is -2.10. The Hall–Kier alpha value is -0.540. The number of nitrogens with one attached hydrogen (secondary N) is 1. The van der Waals surface area contributed by atoms with Crippen LogP contribution in [0.5, 0.6) is 5.75 Å². The lowest BCUT2D eigenvalue weighted by atomic mass is 10.0. The Morgan fingerprint density at radius 1 is 1.26 bits per heavy atom. The zero-order chi connectivity index (χ0) is 13.7. The monoisotopic (exact) mass is 325 g/mol. The van der Waals surface area contributed by atoms with Gasteiger partial charge in [0.05, 0.1) is 6.61 Å². The van der Waals surface area contributed by atoms with E-state index in [1.807, 2.05) is 0 Å². The highest BCUT2D eigenvalue weighted by molar-refractivity contribution is 9.10. The molecular formula is C16H24BrNO. The highest BCUT2D eigenvalue weighted by atomic mass is 79.9. The molecule has 19 heavy (non-hydrogen) atoms. The molecule has 1 N–H and O–H groups in total. The fourth-order valence-electron chi connectivity index (χ4n) is 2.54. The summed E-state index contributed by atoms with van der Waals surface area (Å²) in [6.07, 6.45) is 5.96. The maximum atomic E-state index is 5.76. The molecule has 0 radical (unpaired) electrons. The third-order valence-corrected chi connectivity index (χ3v) is 3.96. The van der Waals surface area contributed by atoms with Crippen LogP contribution in [0, 0.1) is 0 Å². The smallest absolute Gasteiger partial charge is 0.125 e. The van der Waals surface area contributed by atoms with Gasteiger partial charge >= 0.3 is 0 Å². The number of benzene rings is 1. The molecule has 1 aliphatic heterocycles. The van der Waals surface area contributed by atoms with Crippen molar-refractivity contribution in [3.63, 3.8) is 0 Å². The molecule has 1 aliphatic rings. The second-order valence-corrected chi connectivity index (χ2v) is 6.49. The maximum Gasteiger partial charge on any atom is 0.125 e. The topological polar surface area (TPSA) is 21.3 Å². The van der Waals surface area contributed by atoms with Gasteiger partial charge in [-0.25, -0.2) is 0 Å². The maximum absolute atomic E-state index is 5.76. The van der Waals surface area contributed by atoms with Crippen molar-refractivity contribution in [2.45, 2.75) is 52.0 Å². The quantitative estimate of drug-likeness (QED) is 0.762. The summed E-state index contributed by atoms with van der Waals surface area (Å²) in [6.45, 7) is 6.37. The summed E-state index contributed by atoms with van der Waals surface area (Å²) in [5, 5.41) is 3.46. The van der Waals surface area contributed by atoms with E-state index in [9.17, 15) is 0 Å². The minimum absolute atomic E-state index is 0.599. The van der Waals surface area contributed by atoms with E-state index >= 15 is 0 Å². The second-order valence-electron chi connectivity index (χ2n) is 5.57. The summed E-state index contributed by atoms with van der Waals surface area (Å²) in [7, 11) is 0. The Kier molecular flexibility index (Phi) is 5.71. The van der Waals surface area contributed by atoms with Gasteiger partial charge in [-0.2, -0.15) is 0 Å². The highest BCUT2D eigenvalue weighted by Gasteiger charge is 2.16. The first-order chi connectivity index (χ1) is 9.16. The van der Waals surface area contributed by atoms with Crippen molar-refractivity contribution in [3.8, 4) is 5.75 Å². The lowest BCUT2D eigenvalue weighted by molar-refractivity contribution is 0.353. The van der Waals surface area contributed by atoms with Gasteiger partial charge in [-0.1, -0.05) is 36.2 Å². The van der Waals surface area contributed by atoms with Crippen molar-refractivity contribution in [2.24, 2.45) is 0 Å². The van der Waals surface area contributed by atoms with Gasteiger partial charge in [0.1, 0.15) is 5.75 Å². The largest absolute Gasteiger partial charge is 0.493 e. The molecule has 106 valence electrons. The van der Waals surface area contributed by atoms with Crippen LogP contribution in [0.1, 0.15) is 44.2 Å². The molecule has 1 aromatic rings.